The van der Waals surface area contributed by atoms with Gasteiger partial charge in [0.25, 0.3) is 5.69 Å². The van der Waals surface area contributed by atoms with Gasteiger partial charge in [0.05, 0.1) is 27.0 Å². The van der Waals surface area contributed by atoms with Gasteiger partial charge in [0.15, 0.2) is 0 Å². The Kier molecular flexibility index (Phi) is 4.69. The number of aliphatic hydroxyl groups excluding tert-OH is 1. The molecule has 0 spiro atoms. The van der Waals surface area contributed by atoms with E-state index in [2.05, 4.69) is 15.9 Å². The van der Waals surface area contributed by atoms with Crippen molar-refractivity contribution in [2.75, 3.05) is 6.61 Å². The zero-order valence-electron chi connectivity index (χ0n) is 8.31. The van der Waals surface area contributed by atoms with Crippen molar-refractivity contribution in [1.82, 2.24) is 0 Å². The molecule has 0 radical (unpaired) electrons. The largest absolute Gasteiger partial charge is 0.395 e. The summed E-state index contributed by atoms with van der Waals surface area (Å²) < 4.78 is 13.3. The molecule has 0 aliphatic carbocycles. The topological polar surface area (TPSA) is 63.4 Å². The molecule has 1 rings (SSSR count). The van der Waals surface area contributed by atoms with E-state index >= 15 is 0 Å². The van der Waals surface area contributed by atoms with Crippen molar-refractivity contribution in [3.05, 3.63) is 32.5 Å². The Morgan fingerprint density at radius 1 is 1.69 bits per heavy atom. The molecular formula is C9H9BrFNO3S. The highest BCUT2D eigenvalue weighted by Gasteiger charge is 2.19. The van der Waals surface area contributed by atoms with E-state index in [-0.39, 0.29) is 22.0 Å². The lowest BCUT2D eigenvalue weighted by Crippen LogP contribution is -2.03. The summed E-state index contributed by atoms with van der Waals surface area (Å²) in [5, 5.41) is 19.4. The minimum atomic E-state index is -0.673. The maximum Gasteiger partial charge on any atom is 0.285 e. The molecule has 0 aliphatic rings. The maximum atomic E-state index is 13.1. The fraction of sp³-hybridized carbons (Fsp3) is 0.333. The Hall–Kier alpha value is -0.660. The first-order valence-electron chi connectivity index (χ1n) is 4.36. The van der Waals surface area contributed by atoms with E-state index in [1.54, 1.807) is 6.92 Å². The molecule has 7 heteroatoms. The van der Waals surface area contributed by atoms with Gasteiger partial charge in [-0.3, -0.25) is 10.1 Å². The van der Waals surface area contributed by atoms with Crippen LogP contribution in [-0.4, -0.2) is 21.9 Å². The summed E-state index contributed by atoms with van der Waals surface area (Å²) in [6.45, 7) is 1.63. The lowest BCUT2D eigenvalue weighted by molar-refractivity contribution is -0.387. The molecule has 4 nitrogen and oxygen atoms in total. The molecule has 88 valence electrons. The highest BCUT2D eigenvalue weighted by molar-refractivity contribution is 9.10. The van der Waals surface area contributed by atoms with Crippen LogP contribution in [0.3, 0.4) is 0 Å². The second kappa shape index (κ2) is 5.60. The maximum absolute atomic E-state index is 13.1. The number of nitro groups is 1. The molecule has 0 heterocycles. The van der Waals surface area contributed by atoms with E-state index in [1.165, 1.54) is 6.07 Å². The smallest absolute Gasteiger partial charge is 0.285 e. The van der Waals surface area contributed by atoms with Crippen LogP contribution in [0.4, 0.5) is 10.1 Å². The van der Waals surface area contributed by atoms with Gasteiger partial charge in [-0.1, -0.05) is 6.92 Å². The SMILES string of the molecule is CC(CO)Sc1cc(Br)c(F)cc1[N+](=O)[O-]. The average Bonchev–Trinajstić information content (AvgIpc) is 2.22. The van der Waals surface area contributed by atoms with Gasteiger partial charge < -0.3 is 5.11 Å². The molecule has 0 bridgehead atoms. The highest BCUT2D eigenvalue weighted by atomic mass is 79.9. The third kappa shape index (κ3) is 3.16. The third-order valence-corrected chi connectivity index (χ3v) is 3.52. The zero-order valence-corrected chi connectivity index (χ0v) is 10.7. The van der Waals surface area contributed by atoms with Gasteiger partial charge in [-0.25, -0.2) is 4.39 Å². The van der Waals surface area contributed by atoms with Crippen molar-refractivity contribution in [2.24, 2.45) is 0 Å². The summed E-state index contributed by atoms with van der Waals surface area (Å²) in [4.78, 5) is 10.4. The number of thioether (sulfide) groups is 1. The third-order valence-electron chi connectivity index (χ3n) is 1.78. The van der Waals surface area contributed by atoms with Gasteiger partial charge in [0.1, 0.15) is 5.82 Å². The molecule has 0 amide bonds. The quantitative estimate of drug-likeness (QED) is 0.527. The summed E-state index contributed by atoms with van der Waals surface area (Å²) in [6, 6.07) is 2.22. The van der Waals surface area contributed by atoms with E-state index < -0.39 is 10.7 Å². The van der Waals surface area contributed by atoms with E-state index in [9.17, 15) is 14.5 Å². The average molecular weight is 310 g/mol. The standard InChI is InChI=1S/C9H9BrFNO3S/c1-5(4-13)16-9-2-6(10)7(11)3-8(9)12(14)15/h2-3,5,13H,4H2,1H3. The number of aliphatic hydroxyl groups is 1. The number of hydrogen-bond acceptors (Lipinski definition) is 4. The van der Waals surface area contributed by atoms with Crippen LogP contribution in [-0.2, 0) is 0 Å². The second-order valence-electron chi connectivity index (χ2n) is 3.10. The molecule has 0 aromatic heterocycles. The van der Waals surface area contributed by atoms with Crippen molar-refractivity contribution in [3.8, 4) is 0 Å². The zero-order chi connectivity index (χ0) is 12.3. The summed E-state index contributed by atoms with van der Waals surface area (Å²) >= 11 is 4.10. The van der Waals surface area contributed by atoms with Crippen molar-refractivity contribution in [3.63, 3.8) is 0 Å². The van der Waals surface area contributed by atoms with Gasteiger partial charge >= 0.3 is 0 Å². The van der Waals surface area contributed by atoms with E-state index in [1.807, 2.05) is 0 Å². The predicted molar refractivity (Wildman–Crippen MR) is 63.2 cm³/mol. The van der Waals surface area contributed by atoms with Crippen molar-refractivity contribution >= 4 is 33.4 Å². The number of rotatable bonds is 4. The minimum Gasteiger partial charge on any atom is -0.395 e. The first kappa shape index (κ1) is 13.4. The molecule has 0 fully saturated rings. The Labute approximate surface area is 104 Å². The minimum absolute atomic E-state index is 0.100. The molecule has 16 heavy (non-hydrogen) atoms. The molecule has 0 saturated heterocycles. The first-order chi connectivity index (χ1) is 7.45. The normalized spacial score (nSPS) is 12.5. The lowest BCUT2D eigenvalue weighted by atomic mass is 10.3. The van der Waals surface area contributed by atoms with Crippen LogP contribution in [0.1, 0.15) is 6.92 Å². The monoisotopic (exact) mass is 309 g/mol. The number of nitro benzene ring substituents is 1. The molecule has 0 aliphatic heterocycles. The molecule has 0 saturated carbocycles. The molecule has 1 aromatic carbocycles. The van der Waals surface area contributed by atoms with Gasteiger partial charge in [-0.2, -0.15) is 0 Å². The molecule has 1 N–H and O–H groups in total. The predicted octanol–water partition coefficient (Wildman–Crippen LogP) is 2.97. The number of halogens is 2. The fourth-order valence-electron chi connectivity index (χ4n) is 1.01. The van der Waals surface area contributed by atoms with Gasteiger partial charge in [-0.15, -0.1) is 11.8 Å². The Balaban J connectivity index is 3.14. The van der Waals surface area contributed by atoms with Gasteiger partial charge in [0, 0.05) is 5.25 Å². The van der Waals surface area contributed by atoms with Crippen molar-refractivity contribution in [2.45, 2.75) is 17.1 Å². The first-order valence-corrected chi connectivity index (χ1v) is 6.04. The van der Waals surface area contributed by atoms with Gasteiger partial charge in [0.2, 0.25) is 0 Å². The summed E-state index contributed by atoms with van der Waals surface area (Å²) in [5.41, 5.74) is -0.286. The molecule has 1 aromatic rings. The molecular weight excluding hydrogens is 301 g/mol. The number of hydrogen-bond donors (Lipinski definition) is 1. The number of benzene rings is 1. The van der Waals surface area contributed by atoms with E-state index in [0.717, 1.165) is 17.8 Å². The van der Waals surface area contributed by atoms with Crippen LogP contribution in [0.25, 0.3) is 0 Å². The Bertz CT molecular complexity index is 416. The van der Waals surface area contributed by atoms with Crippen LogP contribution < -0.4 is 0 Å². The van der Waals surface area contributed by atoms with E-state index in [4.69, 9.17) is 5.11 Å². The summed E-state index contributed by atoms with van der Waals surface area (Å²) in [5.74, 6) is -0.673. The summed E-state index contributed by atoms with van der Waals surface area (Å²) in [6.07, 6.45) is 0. The molecule has 1 atom stereocenters. The van der Waals surface area contributed by atoms with Crippen LogP contribution in [0.15, 0.2) is 21.5 Å². The van der Waals surface area contributed by atoms with Gasteiger partial charge in [-0.05, 0) is 22.0 Å². The molecule has 1 unspecified atom stereocenters. The van der Waals surface area contributed by atoms with E-state index in [0.29, 0.717) is 4.90 Å². The Morgan fingerprint density at radius 3 is 2.81 bits per heavy atom. The Morgan fingerprint density at radius 2 is 2.31 bits per heavy atom. The van der Waals surface area contributed by atoms with Crippen LogP contribution >= 0.6 is 27.7 Å². The lowest BCUT2D eigenvalue weighted by Gasteiger charge is -2.08. The summed E-state index contributed by atoms with van der Waals surface area (Å²) in [7, 11) is 0. The number of nitrogens with zero attached hydrogens (tertiary/aromatic N) is 1. The highest BCUT2D eigenvalue weighted by Crippen LogP contribution is 2.35. The van der Waals surface area contributed by atoms with Crippen LogP contribution in [0, 0.1) is 15.9 Å². The van der Waals surface area contributed by atoms with Crippen molar-refractivity contribution < 1.29 is 14.4 Å². The fourth-order valence-corrected chi connectivity index (χ4v) is 2.45. The van der Waals surface area contributed by atoms with Crippen molar-refractivity contribution in [1.29, 1.82) is 0 Å². The second-order valence-corrected chi connectivity index (χ2v) is 5.44. The van der Waals surface area contributed by atoms with Crippen LogP contribution in [0.2, 0.25) is 0 Å². The van der Waals surface area contributed by atoms with Crippen LogP contribution in [0.5, 0.6) is 0 Å².